The van der Waals surface area contributed by atoms with Gasteiger partial charge in [0, 0.05) is 64.2 Å². The third kappa shape index (κ3) is 3.46. The van der Waals surface area contributed by atoms with Gasteiger partial charge in [0.2, 0.25) is 5.95 Å². The summed E-state index contributed by atoms with van der Waals surface area (Å²) in [6, 6.07) is 8.63. The van der Waals surface area contributed by atoms with E-state index in [1.54, 1.807) is 0 Å². The molecule has 0 saturated carbocycles. The molecule has 138 valence electrons. The lowest BCUT2D eigenvalue weighted by Gasteiger charge is -2.38. The van der Waals surface area contributed by atoms with Crippen LogP contribution < -0.4 is 20.0 Å². The second kappa shape index (κ2) is 7.50. The number of nitrogens with one attached hydrogen (secondary N) is 1. The van der Waals surface area contributed by atoms with Gasteiger partial charge in [0.25, 0.3) is 0 Å². The molecule has 0 unspecified atom stereocenters. The van der Waals surface area contributed by atoms with Gasteiger partial charge in [-0.2, -0.15) is 4.98 Å². The van der Waals surface area contributed by atoms with Crippen molar-refractivity contribution in [2.24, 2.45) is 0 Å². The second-order valence-electron chi connectivity index (χ2n) is 7.15. The molecule has 6 heteroatoms. The number of rotatable bonds is 3. The van der Waals surface area contributed by atoms with Gasteiger partial charge in [-0.1, -0.05) is 12.1 Å². The lowest BCUT2D eigenvalue weighted by molar-refractivity contribution is 0.578. The van der Waals surface area contributed by atoms with Crippen molar-refractivity contribution in [3.8, 4) is 0 Å². The van der Waals surface area contributed by atoms with Crippen LogP contribution in [-0.2, 0) is 0 Å². The van der Waals surface area contributed by atoms with Crippen molar-refractivity contribution >= 4 is 17.5 Å². The number of aromatic nitrogens is 2. The van der Waals surface area contributed by atoms with E-state index in [1.165, 1.54) is 16.8 Å². The molecule has 4 rings (SSSR count). The Labute approximate surface area is 155 Å². The molecule has 0 atom stereocenters. The van der Waals surface area contributed by atoms with E-state index in [4.69, 9.17) is 4.98 Å². The topological polar surface area (TPSA) is 47.5 Å². The Morgan fingerprint density at radius 2 is 1.58 bits per heavy atom. The van der Waals surface area contributed by atoms with Crippen molar-refractivity contribution < 1.29 is 0 Å². The average molecular weight is 352 g/mol. The fourth-order valence-electron chi connectivity index (χ4n) is 3.79. The first kappa shape index (κ1) is 17.1. The second-order valence-corrected chi connectivity index (χ2v) is 7.15. The molecule has 1 aromatic heterocycles. The van der Waals surface area contributed by atoms with Gasteiger partial charge < -0.3 is 20.0 Å². The van der Waals surface area contributed by atoms with Gasteiger partial charge in [-0.25, -0.2) is 4.98 Å². The minimum absolute atomic E-state index is 0.862. The fourth-order valence-corrected chi connectivity index (χ4v) is 3.79. The van der Waals surface area contributed by atoms with E-state index in [2.05, 4.69) is 57.0 Å². The zero-order valence-corrected chi connectivity index (χ0v) is 15.8. The summed E-state index contributed by atoms with van der Waals surface area (Å²) in [4.78, 5) is 16.5. The number of benzene rings is 1. The molecule has 1 N–H and O–H groups in total. The van der Waals surface area contributed by atoms with Crippen LogP contribution in [0.2, 0.25) is 0 Å². The zero-order chi connectivity index (χ0) is 17.9. The Morgan fingerprint density at radius 1 is 0.846 bits per heavy atom. The van der Waals surface area contributed by atoms with Crippen LogP contribution in [0.3, 0.4) is 0 Å². The SMILES string of the molecule is Cc1cccc(N2CCN(c3ccnc(N4CCNCC4)n3)CC2)c1C. The van der Waals surface area contributed by atoms with Gasteiger partial charge in [-0.3, -0.25) is 0 Å². The lowest BCUT2D eigenvalue weighted by atomic mass is 10.1. The molecule has 26 heavy (non-hydrogen) atoms. The van der Waals surface area contributed by atoms with Crippen LogP contribution in [0.5, 0.6) is 0 Å². The number of hydrogen-bond donors (Lipinski definition) is 1. The number of anilines is 3. The van der Waals surface area contributed by atoms with Gasteiger partial charge in [0.15, 0.2) is 0 Å². The molecule has 1 aromatic carbocycles. The average Bonchev–Trinajstić information content (AvgIpc) is 2.71. The van der Waals surface area contributed by atoms with Crippen LogP contribution in [0.4, 0.5) is 17.5 Å². The molecular weight excluding hydrogens is 324 g/mol. The molecule has 0 bridgehead atoms. The van der Waals surface area contributed by atoms with Crippen LogP contribution in [0.15, 0.2) is 30.5 Å². The summed E-state index contributed by atoms with van der Waals surface area (Å²) in [5.41, 5.74) is 4.12. The Bertz CT molecular complexity index is 748. The van der Waals surface area contributed by atoms with E-state index in [1.807, 2.05) is 12.3 Å². The van der Waals surface area contributed by atoms with E-state index in [0.29, 0.717) is 0 Å². The molecule has 0 radical (unpaired) electrons. The quantitative estimate of drug-likeness (QED) is 0.909. The van der Waals surface area contributed by atoms with Crippen molar-refractivity contribution in [1.29, 1.82) is 0 Å². The highest BCUT2D eigenvalue weighted by molar-refractivity contribution is 5.57. The predicted octanol–water partition coefficient (Wildman–Crippen LogP) is 1.83. The third-order valence-corrected chi connectivity index (χ3v) is 5.55. The van der Waals surface area contributed by atoms with Gasteiger partial charge >= 0.3 is 0 Å². The summed E-state index contributed by atoms with van der Waals surface area (Å²) in [6.45, 7) is 12.4. The molecule has 0 spiro atoms. The zero-order valence-electron chi connectivity index (χ0n) is 15.8. The molecule has 0 aliphatic carbocycles. The smallest absolute Gasteiger partial charge is 0.227 e. The highest BCUT2D eigenvalue weighted by atomic mass is 15.3. The van der Waals surface area contributed by atoms with E-state index in [9.17, 15) is 0 Å². The highest BCUT2D eigenvalue weighted by Crippen LogP contribution is 2.25. The number of piperazine rings is 2. The molecular formula is C20H28N6. The van der Waals surface area contributed by atoms with Crippen molar-refractivity contribution in [3.05, 3.63) is 41.6 Å². The summed E-state index contributed by atoms with van der Waals surface area (Å²) < 4.78 is 0. The minimum atomic E-state index is 0.862. The molecule has 2 aliphatic rings. The molecule has 2 fully saturated rings. The van der Waals surface area contributed by atoms with Crippen LogP contribution >= 0.6 is 0 Å². The van der Waals surface area contributed by atoms with Crippen LogP contribution in [-0.4, -0.2) is 62.3 Å². The summed E-state index contributed by atoms with van der Waals surface area (Å²) in [6.07, 6.45) is 1.90. The predicted molar refractivity (Wildman–Crippen MR) is 107 cm³/mol. The summed E-state index contributed by atoms with van der Waals surface area (Å²) in [7, 11) is 0. The van der Waals surface area contributed by atoms with Crippen molar-refractivity contribution in [2.75, 3.05) is 67.1 Å². The summed E-state index contributed by atoms with van der Waals surface area (Å²) in [5.74, 6) is 1.91. The Balaban J connectivity index is 1.44. The first-order chi connectivity index (χ1) is 12.7. The van der Waals surface area contributed by atoms with E-state index in [-0.39, 0.29) is 0 Å². The summed E-state index contributed by atoms with van der Waals surface area (Å²) >= 11 is 0. The highest BCUT2D eigenvalue weighted by Gasteiger charge is 2.21. The van der Waals surface area contributed by atoms with Crippen molar-refractivity contribution in [1.82, 2.24) is 15.3 Å². The normalized spacial score (nSPS) is 18.3. The maximum Gasteiger partial charge on any atom is 0.227 e. The maximum absolute atomic E-state index is 4.84. The molecule has 2 saturated heterocycles. The molecule has 0 amide bonds. The molecule has 3 heterocycles. The largest absolute Gasteiger partial charge is 0.368 e. The van der Waals surface area contributed by atoms with Crippen molar-refractivity contribution in [3.63, 3.8) is 0 Å². The lowest BCUT2D eigenvalue weighted by Crippen LogP contribution is -2.47. The standard InChI is InChI=1S/C20H28N6/c1-16-4-3-5-18(17(16)2)24-12-14-25(15-13-24)19-6-7-22-20(23-19)26-10-8-21-9-11-26/h3-7,21H,8-15H2,1-2H3. The van der Waals surface area contributed by atoms with Gasteiger partial charge in [0.1, 0.15) is 5.82 Å². The Kier molecular flexibility index (Phi) is 4.93. The fraction of sp³-hybridized carbons (Fsp3) is 0.500. The first-order valence-electron chi connectivity index (χ1n) is 9.57. The van der Waals surface area contributed by atoms with Crippen LogP contribution in [0, 0.1) is 13.8 Å². The van der Waals surface area contributed by atoms with Gasteiger partial charge in [-0.05, 0) is 37.1 Å². The number of nitrogens with zero attached hydrogens (tertiary/aromatic N) is 5. The molecule has 6 nitrogen and oxygen atoms in total. The number of aryl methyl sites for hydroxylation is 1. The minimum Gasteiger partial charge on any atom is -0.368 e. The summed E-state index contributed by atoms with van der Waals surface area (Å²) in [5, 5.41) is 3.38. The Morgan fingerprint density at radius 3 is 2.35 bits per heavy atom. The van der Waals surface area contributed by atoms with Crippen LogP contribution in [0.1, 0.15) is 11.1 Å². The first-order valence-corrected chi connectivity index (χ1v) is 9.57. The van der Waals surface area contributed by atoms with E-state index < -0.39 is 0 Å². The maximum atomic E-state index is 4.84. The molecule has 2 aromatic rings. The van der Waals surface area contributed by atoms with Crippen LogP contribution in [0.25, 0.3) is 0 Å². The van der Waals surface area contributed by atoms with E-state index >= 15 is 0 Å². The third-order valence-electron chi connectivity index (χ3n) is 5.55. The molecule has 2 aliphatic heterocycles. The monoisotopic (exact) mass is 352 g/mol. The number of hydrogen-bond acceptors (Lipinski definition) is 6. The van der Waals surface area contributed by atoms with Gasteiger partial charge in [0.05, 0.1) is 0 Å². The van der Waals surface area contributed by atoms with Crippen molar-refractivity contribution in [2.45, 2.75) is 13.8 Å². The Hall–Kier alpha value is -2.34. The van der Waals surface area contributed by atoms with Gasteiger partial charge in [-0.15, -0.1) is 0 Å². The van der Waals surface area contributed by atoms with E-state index in [0.717, 1.165) is 64.1 Å².